The van der Waals surface area contributed by atoms with Gasteiger partial charge in [0.25, 0.3) is 0 Å². The quantitative estimate of drug-likeness (QED) is 0.420. The van der Waals surface area contributed by atoms with Crippen LogP contribution >= 0.6 is 0 Å². The van der Waals surface area contributed by atoms with Gasteiger partial charge in [-0.05, 0) is 0 Å². The highest BCUT2D eigenvalue weighted by Crippen LogP contribution is 2.17. The maximum absolute atomic E-state index is 4.27. The average Bonchev–Trinajstić information content (AvgIpc) is 1.85. The fourth-order valence-electron chi connectivity index (χ4n) is 1.25. The van der Waals surface area contributed by atoms with Crippen LogP contribution in [-0.4, -0.2) is 25.7 Å². The first-order chi connectivity index (χ1) is 3.47. The standard InChI is InChI=1S/C5H9N2/c1-4-2-7-5(4)3-6-1/h4-6H,1-3H2. The Bertz CT molecular complexity index is 72.1. The molecule has 0 aliphatic carbocycles. The Hall–Kier alpha value is -0.0800. The number of nitrogens with zero attached hydrogens (tertiary/aromatic N) is 1. The van der Waals surface area contributed by atoms with E-state index in [0.717, 1.165) is 19.0 Å². The smallest absolute Gasteiger partial charge is 0.0423 e. The van der Waals surface area contributed by atoms with E-state index < -0.39 is 0 Å². The van der Waals surface area contributed by atoms with E-state index in [1.54, 1.807) is 0 Å². The molecule has 0 spiro atoms. The van der Waals surface area contributed by atoms with Crippen LogP contribution < -0.4 is 10.6 Å². The third-order valence-electron chi connectivity index (χ3n) is 1.88. The summed E-state index contributed by atoms with van der Waals surface area (Å²) in [5.41, 5.74) is 0. The van der Waals surface area contributed by atoms with Crippen molar-refractivity contribution < 1.29 is 0 Å². The Morgan fingerprint density at radius 3 is 2.71 bits per heavy atom. The SMILES string of the molecule is C1[N]C2CNCC12. The lowest BCUT2D eigenvalue weighted by atomic mass is 9.96. The molecule has 0 bridgehead atoms. The molecule has 2 heterocycles. The van der Waals surface area contributed by atoms with Gasteiger partial charge in [0.1, 0.15) is 0 Å². The predicted octanol–water partition coefficient (Wildman–Crippen LogP) is -0.808. The molecular formula is C5H9N2. The second kappa shape index (κ2) is 1.20. The third kappa shape index (κ3) is 0.409. The van der Waals surface area contributed by atoms with Crippen LogP contribution in [0.5, 0.6) is 0 Å². The second-order valence-electron chi connectivity index (χ2n) is 2.35. The van der Waals surface area contributed by atoms with Crippen LogP contribution in [0, 0.1) is 5.92 Å². The molecule has 1 radical (unpaired) electrons. The molecule has 2 heteroatoms. The van der Waals surface area contributed by atoms with Gasteiger partial charge < -0.3 is 5.32 Å². The first-order valence-corrected chi connectivity index (χ1v) is 2.84. The Labute approximate surface area is 43.3 Å². The number of fused-ring (bicyclic) bond motifs is 1. The van der Waals surface area contributed by atoms with E-state index in [-0.39, 0.29) is 0 Å². The van der Waals surface area contributed by atoms with E-state index in [1.165, 1.54) is 6.54 Å². The molecular weight excluding hydrogens is 88.1 g/mol. The van der Waals surface area contributed by atoms with Crippen molar-refractivity contribution in [2.75, 3.05) is 19.6 Å². The molecule has 2 nitrogen and oxygen atoms in total. The van der Waals surface area contributed by atoms with Gasteiger partial charge in [0, 0.05) is 31.6 Å². The van der Waals surface area contributed by atoms with Crippen LogP contribution in [0.2, 0.25) is 0 Å². The molecule has 2 rings (SSSR count). The van der Waals surface area contributed by atoms with Crippen LogP contribution in [0.15, 0.2) is 0 Å². The Morgan fingerprint density at radius 1 is 1.43 bits per heavy atom. The lowest BCUT2D eigenvalue weighted by Crippen LogP contribution is -2.46. The van der Waals surface area contributed by atoms with Gasteiger partial charge in [-0.3, -0.25) is 0 Å². The van der Waals surface area contributed by atoms with Gasteiger partial charge in [0.05, 0.1) is 0 Å². The molecule has 7 heavy (non-hydrogen) atoms. The first kappa shape index (κ1) is 3.87. The maximum atomic E-state index is 4.27. The van der Waals surface area contributed by atoms with Crippen LogP contribution in [0.1, 0.15) is 0 Å². The number of hydrogen-bond donors (Lipinski definition) is 1. The first-order valence-electron chi connectivity index (χ1n) is 2.84. The monoisotopic (exact) mass is 97.1 g/mol. The van der Waals surface area contributed by atoms with Crippen molar-refractivity contribution in [3.8, 4) is 0 Å². The molecule has 39 valence electrons. The van der Waals surface area contributed by atoms with Crippen molar-refractivity contribution in [2.45, 2.75) is 6.04 Å². The van der Waals surface area contributed by atoms with Crippen LogP contribution in [0.25, 0.3) is 0 Å². The minimum absolute atomic E-state index is 0.708. The molecule has 0 amide bonds. The zero-order chi connectivity index (χ0) is 4.69. The Kier molecular flexibility index (Phi) is 0.664. The Balaban J connectivity index is 2.03. The van der Waals surface area contributed by atoms with E-state index in [0.29, 0.717) is 6.04 Å². The molecule has 1 N–H and O–H groups in total. The van der Waals surface area contributed by atoms with Gasteiger partial charge in [-0.2, -0.15) is 0 Å². The molecule has 0 aromatic heterocycles. The van der Waals surface area contributed by atoms with E-state index in [9.17, 15) is 0 Å². The highest BCUT2D eigenvalue weighted by Gasteiger charge is 2.35. The lowest BCUT2D eigenvalue weighted by Gasteiger charge is -2.27. The third-order valence-corrected chi connectivity index (χ3v) is 1.88. The minimum atomic E-state index is 0.708. The summed E-state index contributed by atoms with van der Waals surface area (Å²) in [6, 6.07) is 0.708. The van der Waals surface area contributed by atoms with Gasteiger partial charge in [0.15, 0.2) is 0 Å². The van der Waals surface area contributed by atoms with Crippen molar-refractivity contribution in [1.82, 2.24) is 10.6 Å². The molecule has 0 aromatic rings. The number of hydrogen-bond acceptors (Lipinski definition) is 1. The Morgan fingerprint density at radius 2 is 2.43 bits per heavy atom. The molecule has 2 atom stereocenters. The molecule has 2 aliphatic rings. The molecule has 2 saturated heterocycles. The molecule has 2 unspecified atom stereocenters. The van der Waals surface area contributed by atoms with Gasteiger partial charge in [-0.1, -0.05) is 0 Å². The van der Waals surface area contributed by atoms with Gasteiger partial charge in [0.2, 0.25) is 0 Å². The fourth-order valence-corrected chi connectivity index (χ4v) is 1.25. The minimum Gasteiger partial charge on any atom is -0.315 e. The van der Waals surface area contributed by atoms with Gasteiger partial charge in [-0.15, -0.1) is 0 Å². The van der Waals surface area contributed by atoms with Crippen molar-refractivity contribution in [1.29, 1.82) is 0 Å². The predicted molar refractivity (Wildman–Crippen MR) is 27.1 cm³/mol. The molecule has 0 aromatic carbocycles. The normalized spacial score (nSPS) is 48.0. The largest absolute Gasteiger partial charge is 0.315 e. The van der Waals surface area contributed by atoms with E-state index >= 15 is 0 Å². The average molecular weight is 97.1 g/mol. The number of nitrogens with one attached hydrogen (secondary N) is 1. The molecule has 2 fully saturated rings. The van der Waals surface area contributed by atoms with E-state index in [4.69, 9.17) is 0 Å². The van der Waals surface area contributed by atoms with Gasteiger partial charge in [-0.25, -0.2) is 5.32 Å². The zero-order valence-corrected chi connectivity index (χ0v) is 4.22. The summed E-state index contributed by atoms with van der Waals surface area (Å²) >= 11 is 0. The summed E-state index contributed by atoms with van der Waals surface area (Å²) in [6.45, 7) is 3.48. The summed E-state index contributed by atoms with van der Waals surface area (Å²) in [7, 11) is 0. The van der Waals surface area contributed by atoms with Gasteiger partial charge >= 0.3 is 0 Å². The molecule has 0 saturated carbocycles. The summed E-state index contributed by atoms with van der Waals surface area (Å²) < 4.78 is 0. The summed E-state index contributed by atoms with van der Waals surface area (Å²) in [5, 5.41) is 7.56. The van der Waals surface area contributed by atoms with Crippen LogP contribution in [-0.2, 0) is 0 Å². The summed E-state index contributed by atoms with van der Waals surface area (Å²) in [6.07, 6.45) is 0. The van der Waals surface area contributed by atoms with Crippen LogP contribution in [0.4, 0.5) is 0 Å². The van der Waals surface area contributed by atoms with E-state index in [1.807, 2.05) is 0 Å². The van der Waals surface area contributed by atoms with Crippen molar-refractivity contribution in [3.05, 3.63) is 0 Å². The van der Waals surface area contributed by atoms with Crippen molar-refractivity contribution in [3.63, 3.8) is 0 Å². The summed E-state index contributed by atoms with van der Waals surface area (Å²) in [4.78, 5) is 0. The number of rotatable bonds is 0. The lowest BCUT2D eigenvalue weighted by molar-refractivity contribution is 0.288. The molecule has 2 aliphatic heterocycles. The van der Waals surface area contributed by atoms with Crippen molar-refractivity contribution >= 4 is 0 Å². The highest BCUT2D eigenvalue weighted by molar-refractivity contribution is 4.95. The van der Waals surface area contributed by atoms with Crippen LogP contribution in [0.3, 0.4) is 0 Å². The maximum Gasteiger partial charge on any atom is 0.0423 e. The van der Waals surface area contributed by atoms with E-state index in [2.05, 4.69) is 10.6 Å². The highest BCUT2D eigenvalue weighted by atomic mass is 15.1. The summed E-state index contributed by atoms with van der Waals surface area (Å²) in [5.74, 6) is 0.917. The fraction of sp³-hybridized carbons (Fsp3) is 1.00. The van der Waals surface area contributed by atoms with Crippen molar-refractivity contribution in [2.24, 2.45) is 5.92 Å². The zero-order valence-electron chi connectivity index (χ0n) is 4.22. The topological polar surface area (TPSA) is 26.1 Å². The second-order valence-corrected chi connectivity index (χ2v) is 2.35.